The van der Waals surface area contributed by atoms with Gasteiger partial charge in [0.15, 0.2) is 28.2 Å². The van der Waals surface area contributed by atoms with Crippen LogP contribution in [0.15, 0.2) is 35.5 Å². The zero-order valence-corrected chi connectivity index (χ0v) is 25.0. The first-order chi connectivity index (χ1) is 19.9. The van der Waals surface area contributed by atoms with Gasteiger partial charge >= 0.3 is 5.97 Å². The summed E-state index contributed by atoms with van der Waals surface area (Å²) in [6, 6.07) is 9.23. The molecule has 1 heterocycles. The Labute approximate surface area is 244 Å². The van der Waals surface area contributed by atoms with Crippen molar-refractivity contribution in [2.75, 3.05) is 55.5 Å². The average molecular weight is 583 g/mol. The fraction of sp³-hybridized carbons (Fsp3) is 0.300. The van der Waals surface area contributed by atoms with Crippen LogP contribution in [-0.2, 0) is 9.53 Å². The summed E-state index contributed by atoms with van der Waals surface area (Å²) in [5, 5.41) is 0.519. The summed E-state index contributed by atoms with van der Waals surface area (Å²) in [5.41, 5.74) is 2.98. The number of rotatable bonds is 14. The highest BCUT2D eigenvalue weighted by atomic mass is 32.2. The summed E-state index contributed by atoms with van der Waals surface area (Å²) < 4.78 is 37.4. The molecule has 0 radical (unpaired) electrons. The van der Waals surface area contributed by atoms with E-state index in [-0.39, 0.29) is 12.4 Å². The molecule has 0 saturated carbocycles. The zero-order valence-electron chi connectivity index (χ0n) is 24.2. The molecular formula is C30H34N2O8S. The second-order valence-electron chi connectivity index (χ2n) is 8.26. The molecule has 0 aliphatic heterocycles. The van der Waals surface area contributed by atoms with Gasteiger partial charge in [-0.25, -0.2) is 9.97 Å². The lowest BCUT2D eigenvalue weighted by Crippen LogP contribution is -2.02. The molecule has 2 aromatic carbocycles. The molecule has 0 amide bonds. The lowest BCUT2D eigenvalue weighted by atomic mass is 10.1. The molecule has 11 heteroatoms. The smallest absolute Gasteiger partial charge is 0.306 e. The highest BCUT2D eigenvalue weighted by Gasteiger charge is 2.14. The number of hydrogen-bond donors (Lipinski definition) is 0. The van der Waals surface area contributed by atoms with E-state index in [0.29, 0.717) is 56.8 Å². The van der Waals surface area contributed by atoms with Gasteiger partial charge in [0, 0.05) is 5.75 Å². The first kappa shape index (κ1) is 31.2. The minimum Gasteiger partial charge on any atom is -0.493 e. The van der Waals surface area contributed by atoms with Crippen molar-refractivity contribution < 1.29 is 38.0 Å². The van der Waals surface area contributed by atoms with Crippen LogP contribution >= 0.6 is 11.8 Å². The van der Waals surface area contributed by atoms with Crippen LogP contribution in [0.3, 0.4) is 0 Å². The Hall–Kier alpha value is -4.38. The Morgan fingerprint density at radius 2 is 1.05 bits per heavy atom. The van der Waals surface area contributed by atoms with E-state index in [9.17, 15) is 4.79 Å². The predicted octanol–water partition coefficient (Wildman–Crippen LogP) is 5.52. The lowest BCUT2D eigenvalue weighted by Gasteiger charge is -2.13. The van der Waals surface area contributed by atoms with Crippen molar-refractivity contribution >= 4 is 42.0 Å². The Morgan fingerprint density at radius 1 is 0.634 bits per heavy atom. The number of nitrogens with zero attached hydrogens (tertiary/aromatic N) is 2. The number of carbonyl (C=O) groups excluding carboxylic acids is 1. The predicted molar refractivity (Wildman–Crippen MR) is 159 cm³/mol. The molecule has 0 saturated heterocycles. The molecule has 218 valence electrons. The maximum Gasteiger partial charge on any atom is 0.306 e. The van der Waals surface area contributed by atoms with Crippen LogP contribution in [0, 0.1) is 0 Å². The molecule has 0 aliphatic carbocycles. The second kappa shape index (κ2) is 15.4. The summed E-state index contributed by atoms with van der Waals surface area (Å²) >= 11 is 1.37. The van der Waals surface area contributed by atoms with Gasteiger partial charge < -0.3 is 33.2 Å². The minimum absolute atomic E-state index is 0.243. The van der Waals surface area contributed by atoms with Crippen LogP contribution in [0.1, 0.15) is 28.9 Å². The largest absolute Gasteiger partial charge is 0.493 e. The normalized spacial score (nSPS) is 11.0. The van der Waals surface area contributed by atoms with E-state index in [1.165, 1.54) is 18.9 Å². The summed E-state index contributed by atoms with van der Waals surface area (Å²) in [6.45, 7) is 0. The molecule has 0 atom stereocenters. The van der Waals surface area contributed by atoms with E-state index < -0.39 is 0 Å². The molecule has 0 aliphatic rings. The average Bonchev–Trinajstić information content (AvgIpc) is 3.01. The lowest BCUT2D eigenvalue weighted by molar-refractivity contribution is -0.140. The van der Waals surface area contributed by atoms with E-state index in [0.717, 1.165) is 11.1 Å². The molecule has 0 bridgehead atoms. The number of benzene rings is 2. The number of ether oxygens (including phenoxy) is 7. The number of aromatic nitrogens is 2. The molecule has 1 aromatic heterocycles. The van der Waals surface area contributed by atoms with Gasteiger partial charge in [0.1, 0.15) is 0 Å². The van der Waals surface area contributed by atoms with Crippen molar-refractivity contribution in [3.05, 3.63) is 52.8 Å². The summed E-state index contributed by atoms with van der Waals surface area (Å²) in [4.78, 5) is 20.9. The monoisotopic (exact) mass is 582 g/mol. The first-order valence-electron chi connectivity index (χ1n) is 12.4. The zero-order chi connectivity index (χ0) is 29.8. The Bertz CT molecular complexity index is 1270. The molecule has 3 rings (SSSR count). The van der Waals surface area contributed by atoms with E-state index >= 15 is 0 Å². The van der Waals surface area contributed by atoms with Gasteiger partial charge in [-0.15, -0.1) is 0 Å². The maximum absolute atomic E-state index is 11.6. The second-order valence-corrected chi connectivity index (χ2v) is 9.32. The summed E-state index contributed by atoms with van der Waals surface area (Å²) in [7, 11) is 10.8. The number of thioether (sulfide) groups is 1. The fourth-order valence-corrected chi connectivity index (χ4v) is 4.57. The minimum atomic E-state index is -0.293. The van der Waals surface area contributed by atoms with Crippen LogP contribution in [0.25, 0.3) is 24.3 Å². The van der Waals surface area contributed by atoms with Gasteiger partial charge in [-0.3, -0.25) is 4.79 Å². The molecule has 0 unspecified atom stereocenters. The van der Waals surface area contributed by atoms with Gasteiger partial charge in [-0.05, 0) is 53.6 Å². The van der Waals surface area contributed by atoms with Crippen LogP contribution in [0.5, 0.6) is 34.5 Å². The highest BCUT2D eigenvalue weighted by Crippen LogP contribution is 2.39. The molecule has 0 fully saturated rings. The third-order valence-corrected chi connectivity index (χ3v) is 6.63. The summed E-state index contributed by atoms with van der Waals surface area (Å²) in [5.74, 6) is 3.38. The Kier molecular flexibility index (Phi) is 11.7. The molecule has 0 spiro atoms. The quantitative estimate of drug-likeness (QED) is 0.136. The van der Waals surface area contributed by atoms with Crippen LogP contribution in [-0.4, -0.2) is 71.5 Å². The third-order valence-electron chi connectivity index (χ3n) is 5.78. The maximum atomic E-state index is 11.6. The van der Waals surface area contributed by atoms with Crippen LogP contribution in [0.4, 0.5) is 0 Å². The number of esters is 1. The van der Waals surface area contributed by atoms with E-state index in [1.54, 1.807) is 42.7 Å². The van der Waals surface area contributed by atoms with Crippen molar-refractivity contribution in [3.8, 4) is 34.5 Å². The van der Waals surface area contributed by atoms with Crippen molar-refractivity contribution in [2.24, 2.45) is 0 Å². The van der Waals surface area contributed by atoms with Gasteiger partial charge in [-0.2, -0.15) is 0 Å². The molecule has 0 N–H and O–H groups in total. The van der Waals surface area contributed by atoms with Gasteiger partial charge in [-0.1, -0.05) is 23.9 Å². The van der Waals surface area contributed by atoms with E-state index in [4.69, 9.17) is 33.2 Å². The number of hydrogen-bond acceptors (Lipinski definition) is 11. The van der Waals surface area contributed by atoms with Crippen molar-refractivity contribution in [1.82, 2.24) is 9.97 Å². The first-order valence-corrected chi connectivity index (χ1v) is 13.4. The van der Waals surface area contributed by atoms with Gasteiger partial charge in [0.2, 0.25) is 11.5 Å². The highest BCUT2D eigenvalue weighted by molar-refractivity contribution is 7.99. The Morgan fingerprint density at radius 3 is 1.39 bits per heavy atom. The summed E-state index contributed by atoms with van der Waals surface area (Å²) in [6.07, 6.45) is 7.75. The Balaban J connectivity index is 1.98. The topological polar surface area (TPSA) is 107 Å². The number of carbonyl (C=O) groups is 1. The molecule has 41 heavy (non-hydrogen) atoms. The third kappa shape index (κ3) is 8.31. The molecule has 10 nitrogen and oxygen atoms in total. The van der Waals surface area contributed by atoms with Gasteiger partial charge in [0.25, 0.3) is 0 Å². The van der Waals surface area contributed by atoms with Crippen LogP contribution in [0.2, 0.25) is 0 Å². The SMILES string of the molecule is COC(=O)CCSc1nc(/C=C/c2cc(OC)c(OC)c(OC)c2)cc(/C=C/c2cc(OC)c(OC)c(OC)c2)n1. The van der Waals surface area contributed by atoms with Gasteiger partial charge in [0.05, 0.1) is 67.6 Å². The van der Waals surface area contributed by atoms with Crippen molar-refractivity contribution in [1.29, 1.82) is 0 Å². The van der Waals surface area contributed by atoms with Crippen molar-refractivity contribution in [3.63, 3.8) is 0 Å². The fourth-order valence-electron chi connectivity index (χ4n) is 3.78. The van der Waals surface area contributed by atoms with E-state index in [2.05, 4.69) is 9.97 Å². The standard InChI is InChI=1S/C30H34N2O8S/c1-34-23-14-19(15-24(35-2)28(23)39-6)8-10-21-18-22(32-30(31-21)41-13-12-27(33)38-5)11-9-20-16-25(36-3)29(40-7)26(17-20)37-4/h8-11,14-18H,12-13H2,1-7H3/b10-8+,11-9+. The molecule has 3 aromatic rings. The molecular weight excluding hydrogens is 548 g/mol. The van der Waals surface area contributed by atoms with E-state index in [1.807, 2.05) is 54.6 Å². The van der Waals surface area contributed by atoms with Crippen LogP contribution < -0.4 is 28.4 Å². The number of methoxy groups -OCH3 is 7. The van der Waals surface area contributed by atoms with Crippen molar-refractivity contribution in [2.45, 2.75) is 11.6 Å².